The smallest absolute Gasteiger partial charge is 0.245 e. The Hall–Kier alpha value is -2.04. The van der Waals surface area contributed by atoms with E-state index in [1.807, 2.05) is 26.8 Å². The van der Waals surface area contributed by atoms with E-state index < -0.39 is 12.1 Å². The fourth-order valence-electron chi connectivity index (χ4n) is 2.75. The van der Waals surface area contributed by atoms with Gasteiger partial charge in [0.25, 0.3) is 0 Å². The summed E-state index contributed by atoms with van der Waals surface area (Å²) in [7, 11) is 0. The Morgan fingerprint density at radius 2 is 1.95 bits per heavy atom. The maximum Gasteiger partial charge on any atom is 0.245 e. The van der Waals surface area contributed by atoms with Crippen molar-refractivity contribution in [3.8, 4) is 5.75 Å². The Balaban J connectivity index is 2.34. The number of carbonyl (C=O) groups excluding carboxylic acids is 2. The minimum absolute atomic E-state index is 0.0992. The third-order valence-corrected chi connectivity index (χ3v) is 3.66. The van der Waals surface area contributed by atoms with Crippen molar-refractivity contribution >= 4 is 11.8 Å². The molecule has 0 aliphatic carbocycles. The van der Waals surface area contributed by atoms with Crippen LogP contribution in [-0.4, -0.2) is 33.9 Å². The van der Waals surface area contributed by atoms with Crippen molar-refractivity contribution in [2.45, 2.75) is 46.3 Å². The van der Waals surface area contributed by atoms with Gasteiger partial charge in [0.15, 0.2) is 0 Å². The lowest BCUT2D eigenvalue weighted by Gasteiger charge is -2.44. The summed E-state index contributed by atoms with van der Waals surface area (Å²) in [6.45, 7) is 7.82. The van der Waals surface area contributed by atoms with Crippen LogP contribution in [0.1, 0.15) is 33.3 Å². The number of rotatable bonds is 2. The van der Waals surface area contributed by atoms with Crippen molar-refractivity contribution in [2.75, 3.05) is 0 Å². The molecule has 114 valence electrons. The highest BCUT2D eigenvalue weighted by Gasteiger charge is 2.44. The molecule has 0 radical (unpaired) electrons. The van der Waals surface area contributed by atoms with Crippen LogP contribution in [0.2, 0.25) is 0 Å². The van der Waals surface area contributed by atoms with E-state index in [9.17, 15) is 14.7 Å². The highest BCUT2D eigenvalue weighted by atomic mass is 16.3. The molecule has 2 N–H and O–H groups in total. The van der Waals surface area contributed by atoms with Crippen molar-refractivity contribution in [1.29, 1.82) is 0 Å². The van der Waals surface area contributed by atoms with Crippen LogP contribution in [0.3, 0.4) is 0 Å². The topological polar surface area (TPSA) is 69.6 Å². The second-order valence-electron chi connectivity index (χ2n) is 6.63. The SMILES string of the molecule is CC1NC(=O)C(C(C)(C)C)N(Cc2cccc(O)c2)C1=O. The zero-order chi connectivity index (χ0) is 15.8. The van der Waals surface area contributed by atoms with Crippen molar-refractivity contribution in [1.82, 2.24) is 10.2 Å². The molecule has 0 aromatic heterocycles. The van der Waals surface area contributed by atoms with Crippen LogP contribution in [0, 0.1) is 5.41 Å². The molecule has 0 spiro atoms. The van der Waals surface area contributed by atoms with E-state index in [-0.39, 0.29) is 23.0 Å². The fourth-order valence-corrected chi connectivity index (χ4v) is 2.75. The molecular formula is C16H22N2O3. The number of piperazine rings is 1. The van der Waals surface area contributed by atoms with Gasteiger partial charge in [0.1, 0.15) is 17.8 Å². The molecule has 1 aromatic rings. The summed E-state index contributed by atoms with van der Waals surface area (Å²) in [4.78, 5) is 26.4. The number of nitrogens with one attached hydrogen (secondary N) is 1. The maximum atomic E-state index is 12.5. The summed E-state index contributed by atoms with van der Waals surface area (Å²) in [5.41, 5.74) is 0.441. The van der Waals surface area contributed by atoms with Crippen molar-refractivity contribution in [2.24, 2.45) is 5.41 Å². The lowest BCUT2D eigenvalue weighted by molar-refractivity contribution is -0.154. The number of aromatic hydroxyl groups is 1. The third kappa shape index (κ3) is 3.17. The largest absolute Gasteiger partial charge is 0.508 e. The summed E-state index contributed by atoms with van der Waals surface area (Å²) < 4.78 is 0. The molecule has 1 fully saturated rings. The summed E-state index contributed by atoms with van der Waals surface area (Å²) in [6.07, 6.45) is 0. The molecule has 1 aliphatic heterocycles. The number of phenolic OH excluding ortho intramolecular Hbond substituents is 1. The van der Waals surface area contributed by atoms with Gasteiger partial charge in [-0.2, -0.15) is 0 Å². The van der Waals surface area contributed by atoms with E-state index in [1.54, 1.807) is 30.0 Å². The average Bonchev–Trinajstić information content (AvgIpc) is 2.34. The monoisotopic (exact) mass is 290 g/mol. The zero-order valence-corrected chi connectivity index (χ0v) is 12.9. The van der Waals surface area contributed by atoms with E-state index in [4.69, 9.17) is 0 Å². The van der Waals surface area contributed by atoms with Gasteiger partial charge in [-0.15, -0.1) is 0 Å². The Morgan fingerprint density at radius 3 is 2.52 bits per heavy atom. The van der Waals surface area contributed by atoms with Crippen molar-refractivity contribution in [3.05, 3.63) is 29.8 Å². The molecule has 5 heteroatoms. The first-order valence-corrected chi connectivity index (χ1v) is 7.09. The van der Waals surface area contributed by atoms with Gasteiger partial charge in [-0.25, -0.2) is 0 Å². The number of amides is 2. The van der Waals surface area contributed by atoms with Crippen LogP contribution in [0.25, 0.3) is 0 Å². The van der Waals surface area contributed by atoms with Crippen LogP contribution in [0.15, 0.2) is 24.3 Å². The van der Waals surface area contributed by atoms with Crippen LogP contribution >= 0.6 is 0 Å². The number of phenols is 1. The Morgan fingerprint density at radius 1 is 1.29 bits per heavy atom. The molecule has 5 nitrogen and oxygen atoms in total. The molecular weight excluding hydrogens is 268 g/mol. The highest BCUT2D eigenvalue weighted by molar-refractivity contribution is 5.97. The van der Waals surface area contributed by atoms with Gasteiger partial charge < -0.3 is 15.3 Å². The quantitative estimate of drug-likeness (QED) is 0.870. The lowest BCUT2D eigenvalue weighted by Crippen LogP contribution is -2.65. The molecule has 2 unspecified atom stereocenters. The molecule has 0 bridgehead atoms. The molecule has 1 saturated heterocycles. The first kappa shape index (κ1) is 15.4. The van der Waals surface area contributed by atoms with Gasteiger partial charge in [0, 0.05) is 6.54 Å². The predicted octanol–water partition coefficient (Wildman–Crippen LogP) is 1.65. The van der Waals surface area contributed by atoms with Crippen molar-refractivity contribution in [3.63, 3.8) is 0 Å². The van der Waals surface area contributed by atoms with Gasteiger partial charge in [-0.1, -0.05) is 32.9 Å². The Kier molecular flexibility index (Phi) is 3.94. The van der Waals surface area contributed by atoms with Crippen LogP contribution in [0.4, 0.5) is 0 Å². The molecule has 2 amide bonds. The first-order valence-electron chi connectivity index (χ1n) is 7.09. The lowest BCUT2D eigenvalue weighted by atomic mass is 9.83. The number of hydrogen-bond donors (Lipinski definition) is 2. The van der Waals surface area contributed by atoms with Crippen LogP contribution < -0.4 is 5.32 Å². The predicted molar refractivity (Wildman–Crippen MR) is 79.5 cm³/mol. The molecule has 2 atom stereocenters. The molecule has 2 rings (SSSR count). The van der Waals surface area contributed by atoms with E-state index >= 15 is 0 Å². The second-order valence-corrected chi connectivity index (χ2v) is 6.63. The van der Waals surface area contributed by atoms with Crippen LogP contribution in [0.5, 0.6) is 5.75 Å². The van der Waals surface area contributed by atoms with Gasteiger partial charge in [0.2, 0.25) is 11.8 Å². The molecule has 0 saturated carbocycles. The van der Waals surface area contributed by atoms with Crippen LogP contribution in [-0.2, 0) is 16.1 Å². The maximum absolute atomic E-state index is 12.5. The summed E-state index contributed by atoms with van der Waals surface area (Å²) in [6, 6.07) is 5.72. The van der Waals surface area contributed by atoms with E-state index in [0.29, 0.717) is 6.54 Å². The molecule has 1 heterocycles. The number of benzene rings is 1. The van der Waals surface area contributed by atoms with Gasteiger partial charge in [-0.3, -0.25) is 9.59 Å². The van der Waals surface area contributed by atoms with Crippen molar-refractivity contribution < 1.29 is 14.7 Å². The number of hydrogen-bond acceptors (Lipinski definition) is 3. The van der Waals surface area contributed by atoms with Gasteiger partial charge in [0.05, 0.1) is 0 Å². The highest BCUT2D eigenvalue weighted by Crippen LogP contribution is 2.29. The van der Waals surface area contributed by atoms with E-state index in [2.05, 4.69) is 5.32 Å². The van der Waals surface area contributed by atoms with E-state index in [0.717, 1.165) is 5.56 Å². The minimum atomic E-state index is -0.524. The van der Waals surface area contributed by atoms with Gasteiger partial charge >= 0.3 is 0 Å². The summed E-state index contributed by atoms with van der Waals surface area (Å²) in [5.74, 6) is -0.0746. The normalized spacial score (nSPS) is 23.1. The minimum Gasteiger partial charge on any atom is -0.508 e. The average molecular weight is 290 g/mol. The van der Waals surface area contributed by atoms with E-state index in [1.165, 1.54) is 0 Å². The standard InChI is InChI=1S/C16H22N2O3/c1-10-15(21)18(9-11-6-5-7-12(19)8-11)13(14(20)17-10)16(2,3)4/h5-8,10,13,19H,9H2,1-4H3,(H,17,20). The summed E-state index contributed by atoms with van der Waals surface area (Å²) >= 11 is 0. The number of carbonyl (C=O) groups is 2. The third-order valence-electron chi connectivity index (χ3n) is 3.66. The Labute approximate surface area is 125 Å². The molecule has 1 aliphatic rings. The zero-order valence-electron chi connectivity index (χ0n) is 12.9. The fraction of sp³-hybridized carbons (Fsp3) is 0.500. The molecule has 1 aromatic carbocycles. The first-order chi connectivity index (χ1) is 9.70. The second kappa shape index (κ2) is 5.39. The van der Waals surface area contributed by atoms with Gasteiger partial charge in [-0.05, 0) is 30.0 Å². The summed E-state index contributed by atoms with van der Waals surface area (Å²) in [5, 5.41) is 12.3. The Bertz CT molecular complexity index is 563. The molecule has 21 heavy (non-hydrogen) atoms. The number of nitrogens with zero attached hydrogens (tertiary/aromatic N) is 1.